The van der Waals surface area contributed by atoms with Gasteiger partial charge in [-0.15, -0.1) is 0 Å². The molecule has 1 saturated heterocycles. The number of ketones is 2. The van der Waals surface area contributed by atoms with E-state index in [0.717, 1.165) is 5.69 Å². The van der Waals surface area contributed by atoms with Crippen molar-refractivity contribution in [2.45, 2.75) is 12.8 Å². The second-order valence-corrected chi connectivity index (χ2v) is 5.44. The van der Waals surface area contributed by atoms with Crippen LogP contribution in [0.3, 0.4) is 0 Å². The standard InChI is InChI=1S/C9H9N3O2.C7H8N2O3.Na.H2O/c1-12-6(2-3-10-12)4-7-8(13)5-9(14)11-7;1-9-5(2-3-8-9)4-6(10)7(11)12;;/h2-4H,5H2,1H3,(H,11,14);2-3H,4H2,1H3,(H,11,12);;1H2/q;;+1;/p-1/b7-4+;;;. The molecule has 1 aliphatic heterocycles. The Morgan fingerprint density at radius 3 is 2.21 bits per heavy atom. The monoisotopic (exact) mass is 399 g/mol. The van der Waals surface area contributed by atoms with Gasteiger partial charge in [0.2, 0.25) is 11.7 Å². The van der Waals surface area contributed by atoms with Gasteiger partial charge < -0.3 is 15.9 Å². The molecule has 3 heterocycles. The van der Waals surface area contributed by atoms with Gasteiger partial charge in [-0.2, -0.15) is 10.2 Å². The summed E-state index contributed by atoms with van der Waals surface area (Å²) < 4.78 is 3.10. The molecule has 3 rings (SSSR count). The quantitative estimate of drug-likeness (QED) is 0.229. The first-order valence-electron chi connectivity index (χ1n) is 7.53. The predicted molar refractivity (Wildman–Crippen MR) is 90.4 cm³/mol. The number of allylic oxidation sites excluding steroid dienone is 1. The number of nitrogens with one attached hydrogen (secondary N) is 1. The minimum Gasteiger partial charge on any atom is -0.870 e. The van der Waals surface area contributed by atoms with E-state index in [9.17, 15) is 19.2 Å². The van der Waals surface area contributed by atoms with Crippen LogP contribution < -0.4 is 34.9 Å². The number of nitrogens with zero attached hydrogens (tertiary/aromatic N) is 4. The average Bonchev–Trinajstić information content (AvgIpc) is 3.24. The summed E-state index contributed by atoms with van der Waals surface area (Å²) in [5.41, 5.74) is 1.73. The number of carbonyl (C=O) groups excluding carboxylic acids is 3. The van der Waals surface area contributed by atoms with E-state index in [2.05, 4.69) is 15.5 Å². The molecule has 0 atom stereocenters. The van der Waals surface area contributed by atoms with Crippen molar-refractivity contribution in [1.29, 1.82) is 0 Å². The molecule has 0 spiro atoms. The van der Waals surface area contributed by atoms with Gasteiger partial charge in [0, 0.05) is 32.2 Å². The second-order valence-electron chi connectivity index (χ2n) is 5.44. The third-order valence-corrected chi connectivity index (χ3v) is 3.55. The van der Waals surface area contributed by atoms with Gasteiger partial charge in [0.15, 0.2) is 5.78 Å². The van der Waals surface area contributed by atoms with E-state index in [-0.39, 0.29) is 59.6 Å². The summed E-state index contributed by atoms with van der Waals surface area (Å²) in [4.78, 5) is 43.0. The summed E-state index contributed by atoms with van der Waals surface area (Å²) >= 11 is 0. The second kappa shape index (κ2) is 11.3. The number of rotatable bonds is 4. The van der Waals surface area contributed by atoms with Gasteiger partial charge >= 0.3 is 35.5 Å². The van der Waals surface area contributed by atoms with Crippen molar-refractivity contribution in [3.63, 3.8) is 0 Å². The largest absolute Gasteiger partial charge is 1.00 e. The van der Waals surface area contributed by atoms with Gasteiger partial charge in [0.05, 0.1) is 24.2 Å². The molecule has 1 fully saturated rings. The Morgan fingerprint density at radius 2 is 1.79 bits per heavy atom. The molecule has 0 bridgehead atoms. The first kappa shape index (κ1) is 25.4. The van der Waals surface area contributed by atoms with E-state index in [4.69, 9.17) is 5.11 Å². The molecule has 0 saturated carbocycles. The maximum absolute atomic E-state index is 11.2. The number of hydrogen-bond acceptors (Lipinski definition) is 7. The van der Waals surface area contributed by atoms with E-state index >= 15 is 0 Å². The average molecular weight is 399 g/mol. The zero-order valence-electron chi connectivity index (χ0n) is 15.6. The fourth-order valence-electron chi connectivity index (χ4n) is 2.11. The number of carbonyl (C=O) groups is 4. The smallest absolute Gasteiger partial charge is 0.870 e. The zero-order chi connectivity index (χ0) is 19.3. The molecule has 1 aliphatic rings. The molecule has 0 aromatic carbocycles. The molecule has 2 aromatic heterocycles. The Balaban J connectivity index is 0.000000492. The molecule has 0 radical (unpaired) electrons. The van der Waals surface area contributed by atoms with Crippen LogP contribution >= 0.6 is 0 Å². The fourth-order valence-corrected chi connectivity index (χ4v) is 2.11. The Morgan fingerprint density at radius 1 is 1.18 bits per heavy atom. The Kier molecular flexibility index (Phi) is 10.2. The van der Waals surface area contributed by atoms with Crippen molar-refractivity contribution in [1.82, 2.24) is 24.9 Å². The van der Waals surface area contributed by atoms with E-state index in [1.54, 1.807) is 43.2 Å². The number of aryl methyl sites for hydroxylation is 2. The molecule has 12 heteroatoms. The van der Waals surface area contributed by atoms with Crippen LogP contribution in [0.1, 0.15) is 17.8 Å². The summed E-state index contributed by atoms with van der Waals surface area (Å²) in [5.74, 6) is -2.64. The summed E-state index contributed by atoms with van der Waals surface area (Å²) in [7, 11) is 3.43. The third kappa shape index (κ3) is 6.85. The summed E-state index contributed by atoms with van der Waals surface area (Å²) in [6.45, 7) is 0. The fraction of sp³-hybridized carbons (Fsp3) is 0.250. The molecule has 2 aromatic rings. The van der Waals surface area contributed by atoms with Crippen LogP contribution in [-0.2, 0) is 39.7 Å². The van der Waals surface area contributed by atoms with E-state index < -0.39 is 11.8 Å². The first-order chi connectivity index (χ1) is 12.3. The van der Waals surface area contributed by atoms with Crippen molar-refractivity contribution in [2.24, 2.45) is 14.1 Å². The van der Waals surface area contributed by atoms with Crippen LogP contribution in [0.5, 0.6) is 0 Å². The first-order valence-corrected chi connectivity index (χ1v) is 7.53. The Hall–Kier alpha value is -2.60. The van der Waals surface area contributed by atoms with Crippen LogP contribution in [0.2, 0.25) is 0 Å². The number of carboxylic acids is 1. The predicted octanol–water partition coefficient (Wildman–Crippen LogP) is -3.71. The van der Waals surface area contributed by atoms with Crippen LogP contribution in [0, 0.1) is 0 Å². The van der Waals surface area contributed by atoms with E-state index in [1.165, 1.54) is 10.9 Å². The van der Waals surface area contributed by atoms with E-state index in [1.807, 2.05) is 0 Å². The zero-order valence-corrected chi connectivity index (χ0v) is 17.6. The normalized spacial score (nSPS) is 13.7. The molecule has 11 nitrogen and oxygen atoms in total. The van der Waals surface area contributed by atoms with Gasteiger partial charge in [0.1, 0.15) is 0 Å². The van der Waals surface area contributed by atoms with Gasteiger partial charge in [0.25, 0.3) is 0 Å². The summed E-state index contributed by atoms with van der Waals surface area (Å²) in [5, 5.41) is 18.5. The molecule has 0 aliphatic carbocycles. The number of aliphatic carboxylic acids is 1. The molecule has 28 heavy (non-hydrogen) atoms. The van der Waals surface area contributed by atoms with Crippen molar-refractivity contribution in [3.05, 3.63) is 41.6 Å². The van der Waals surface area contributed by atoms with Crippen LogP contribution in [-0.4, -0.2) is 53.6 Å². The number of aromatic nitrogens is 4. The van der Waals surface area contributed by atoms with Crippen LogP contribution in [0.4, 0.5) is 0 Å². The molecule has 144 valence electrons. The molecule has 3 N–H and O–H groups in total. The van der Waals surface area contributed by atoms with Crippen molar-refractivity contribution < 1.29 is 59.3 Å². The number of hydrogen-bond donors (Lipinski definition) is 2. The number of carboxylic acid groups (broad SMARTS) is 1. The van der Waals surface area contributed by atoms with Crippen molar-refractivity contribution in [3.8, 4) is 0 Å². The molecule has 1 amide bonds. The van der Waals surface area contributed by atoms with Crippen LogP contribution in [0.25, 0.3) is 6.08 Å². The SMILES string of the molecule is Cn1nccc1/C=C1/NC(=O)CC1=O.Cn1nccc1CC(=O)C(=O)O.[Na+].[OH-]. The third-order valence-electron chi connectivity index (χ3n) is 3.55. The molecular weight excluding hydrogens is 381 g/mol. The van der Waals surface area contributed by atoms with Gasteiger partial charge in [-0.3, -0.25) is 23.7 Å². The van der Waals surface area contributed by atoms with Gasteiger partial charge in [-0.1, -0.05) is 0 Å². The maximum atomic E-state index is 11.2. The number of Topliss-reactive ketones (excluding diaryl/α,β-unsaturated/α-hetero) is 2. The van der Waals surface area contributed by atoms with E-state index in [0.29, 0.717) is 11.4 Å². The molecule has 0 unspecified atom stereocenters. The van der Waals surface area contributed by atoms with Gasteiger partial charge in [-0.05, 0) is 18.2 Å². The number of amides is 1. The topological polar surface area (TPSA) is 166 Å². The van der Waals surface area contributed by atoms with Crippen LogP contribution in [0.15, 0.2) is 30.2 Å². The summed E-state index contributed by atoms with van der Waals surface area (Å²) in [6, 6.07) is 3.38. The Bertz CT molecular complexity index is 901. The molecular formula is C16H18N5NaO6. The van der Waals surface area contributed by atoms with Crippen molar-refractivity contribution in [2.75, 3.05) is 0 Å². The van der Waals surface area contributed by atoms with Crippen molar-refractivity contribution >= 4 is 29.5 Å². The minimum atomic E-state index is -1.41. The minimum absolute atomic E-state index is 0. The summed E-state index contributed by atoms with van der Waals surface area (Å²) in [6.07, 6.45) is 4.62. The van der Waals surface area contributed by atoms with Gasteiger partial charge in [-0.25, -0.2) is 4.79 Å². The maximum Gasteiger partial charge on any atom is 1.00 e. The Labute approximate surface area is 182 Å².